The van der Waals surface area contributed by atoms with Crippen LogP contribution in [0.1, 0.15) is 76.7 Å². The van der Waals surface area contributed by atoms with Crippen molar-refractivity contribution in [3.8, 4) is 5.75 Å². The fourth-order valence-electron chi connectivity index (χ4n) is 4.94. The number of fused-ring (bicyclic) bond motifs is 1. The highest BCUT2D eigenvalue weighted by atomic mass is 16.5. The summed E-state index contributed by atoms with van der Waals surface area (Å²) in [5.41, 5.74) is 0.893. The van der Waals surface area contributed by atoms with E-state index < -0.39 is 0 Å². The molecule has 1 saturated heterocycles. The molecule has 2 fully saturated rings. The predicted molar refractivity (Wildman–Crippen MR) is 113 cm³/mol. The first kappa shape index (κ1) is 20.2. The third-order valence-electron chi connectivity index (χ3n) is 6.82. The molecule has 1 unspecified atom stereocenters. The number of ether oxygens (including phenoxy) is 1. The first-order valence-electron chi connectivity index (χ1n) is 11.3. The smallest absolute Gasteiger partial charge is 0.222 e. The van der Waals surface area contributed by atoms with Crippen LogP contribution in [0.3, 0.4) is 0 Å². The highest BCUT2D eigenvalue weighted by molar-refractivity contribution is 5.78. The lowest BCUT2D eigenvalue weighted by Crippen LogP contribution is -2.52. The number of hydrogen-bond donors (Lipinski definition) is 1. The summed E-state index contributed by atoms with van der Waals surface area (Å²) in [5.74, 6) is 1.90. The molecule has 0 radical (unpaired) electrons. The number of carbonyl (C=O) groups excluding carboxylic acids is 2. The molecule has 5 nitrogen and oxygen atoms in total. The first-order chi connectivity index (χ1) is 13.9. The molecule has 1 atom stereocenters. The second kappa shape index (κ2) is 8.37. The lowest BCUT2D eigenvalue weighted by Gasteiger charge is -2.47. The largest absolute Gasteiger partial charge is 0.487 e. The molecule has 1 N–H and O–H groups in total. The second-order valence-electron chi connectivity index (χ2n) is 9.60. The standard InChI is InChI=1S/C24H34N2O3/c1-17(2)14-23(28)26-12-10-24(11-13-26)16-18(15-22(27)25-19-6-5-7-19)20-8-3-4-9-21(20)29-24/h3-4,8-9,17-19H,5-7,10-16H2,1-2H3,(H,25,27). The Hall–Kier alpha value is -2.04. The maximum atomic E-state index is 12.6. The van der Waals surface area contributed by atoms with Crippen molar-refractivity contribution in [1.29, 1.82) is 0 Å². The number of amides is 2. The molecule has 1 aromatic carbocycles. The van der Waals surface area contributed by atoms with Gasteiger partial charge in [0.15, 0.2) is 0 Å². The fourth-order valence-corrected chi connectivity index (χ4v) is 4.94. The van der Waals surface area contributed by atoms with E-state index in [2.05, 4.69) is 25.2 Å². The average molecular weight is 399 g/mol. The van der Waals surface area contributed by atoms with Crippen LogP contribution in [0, 0.1) is 5.92 Å². The number of hydrogen-bond acceptors (Lipinski definition) is 3. The molecule has 1 spiro atoms. The molecule has 1 aliphatic carbocycles. The van der Waals surface area contributed by atoms with Crippen LogP contribution >= 0.6 is 0 Å². The van der Waals surface area contributed by atoms with E-state index in [1.807, 2.05) is 23.1 Å². The van der Waals surface area contributed by atoms with E-state index in [9.17, 15) is 9.59 Å². The van der Waals surface area contributed by atoms with E-state index in [1.165, 1.54) is 6.42 Å². The van der Waals surface area contributed by atoms with Gasteiger partial charge in [0.05, 0.1) is 0 Å². The number of nitrogens with one attached hydrogen (secondary N) is 1. The van der Waals surface area contributed by atoms with Gasteiger partial charge in [-0.05, 0) is 43.2 Å². The van der Waals surface area contributed by atoms with Gasteiger partial charge in [0.2, 0.25) is 11.8 Å². The minimum absolute atomic E-state index is 0.163. The van der Waals surface area contributed by atoms with Gasteiger partial charge in [-0.1, -0.05) is 32.0 Å². The number of piperidine rings is 1. The van der Waals surface area contributed by atoms with Crippen LogP contribution in [-0.2, 0) is 9.59 Å². The van der Waals surface area contributed by atoms with Crippen LogP contribution < -0.4 is 10.1 Å². The van der Waals surface area contributed by atoms with Crippen molar-refractivity contribution in [1.82, 2.24) is 10.2 Å². The average Bonchev–Trinajstić information content (AvgIpc) is 2.65. The third-order valence-corrected chi connectivity index (χ3v) is 6.82. The van der Waals surface area contributed by atoms with E-state index in [0.717, 1.165) is 56.5 Å². The number of para-hydroxylation sites is 1. The maximum Gasteiger partial charge on any atom is 0.222 e. The third kappa shape index (κ3) is 4.59. The van der Waals surface area contributed by atoms with Crippen LogP contribution in [-0.4, -0.2) is 41.4 Å². The molecule has 2 heterocycles. The van der Waals surface area contributed by atoms with Crippen LogP contribution in [0.5, 0.6) is 5.75 Å². The van der Waals surface area contributed by atoms with Crippen molar-refractivity contribution in [2.24, 2.45) is 5.92 Å². The Morgan fingerprint density at radius 1 is 1.21 bits per heavy atom. The van der Waals surface area contributed by atoms with E-state index >= 15 is 0 Å². The molecule has 4 rings (SSSR count). The van der Waals surface area contributed by atoms with Crippen molar-refractivity contribution >= 4 is 11.8 Å². The molecule has 5 heteroatoms. The zero-order valence-electron chi connectivity index (χ0n) is 17.8. The van der Waals surface area contributed by atoms with Crippen LogP contribution in [0.4, 0.5) is 0 Å². The van der Waals surface area contributed by atoms with E-state index in [4.69, 9.17) is 4.74 Å². The predicted octanol–water partition coefficient (Wildman–Crippen LogP) is 4.02. The van der Waals surface area contributed by atoms with Crippen LogP contribution in [0.25, 0.3) is 0 Å². The van der Waals surface area contributed by atoms with Crippen molar-refractivity contribution in [3.63, 3.8) is 0 Å². The SMILES string of the molecule is CC(C)CC(=O)N1CCC2(CC1)CC(CC(=O)NC1CCC1)c1ccccc1O2. The monoisotopic (exact) mass is 398 g/mol. The molecule has 2 aliphatic heterocycles. The Morgan fingerprint density at radius 2 is 1.93 bits per heavy atom. The first-order valence-corrected chi connectivity index (χ1v) is 11.3. The Morgan fingerprint density at radius 3 is 2.59 bits per heavy atom. The summed E-state index contributed by atoms with van der Waals surface area (Å²) in [6.07, 6.45) is 7.11. The Labute approximate surface area is 174 Å². The molecule has 1 saturated carbocycles. The Balaban J connectivity index is 1.44. The van der Waals surface area contributed by atoms with Gasteiger partial charge >= 0.3 is 0 Å². The van der Waals surface area contributed by atoms with Gasteiger partial charge in [-0.25, -0.2) is 0 Å². The van der Waals surface area contributed by atoms with Gasteiger partial charge in [-0.15, -0.1) is 0 Å². The molecular formula is C24H34N2O3. The van der Waals surface area contributed by atoms with Gasteiger partial charge in [0.1, 0.15) is 11.4 Å². The second-order valence-corrected chi connectivity index (χ2v) is 9.60. The van der Waals surface area contributed by atoms with E-state index in [0.29, 0.717) is 24.8 Å². The fraction of sp³-hybridized carbons (Fsp3) is 0.667. The molecule has 2 amide bonds. The summed E-state index contributed by atoms with van der Waals surface area (Å²) in [4.78, 5) is 27.1. The number of benzene rings is 1. The summed E-state index contributed by atoms with van der Waals surface area (Å²) in [5, 5.41) is 3.19. The summed E-state index contributed by atoms with van der Waals surface area (Å²) in [6.45, 7) is 5.66. The molecule has 3 aliphatic rings. The number of likely N-dealkylation sites (tertiary alicyclic amines) is 1. The highest BCUT2D eigenvalue weighted by Gasteiger charge is 2.44. The van der Waals surface area contributed by atoms with E-state index in [1.54, 1.807) is 0 Å². The van der Waals surface area contributed by atoms with E-state index in [-0.39, 0.29) is 23.3 Å². The maximum absolute atomic E-state index is 12.6. The van der Waals surface area contributed by atoms with Crippen LogP contribution in [0.15, 0.2) is 24.3 Å². The lowest BCUT2D eigenvalue weighted by atomic mass is 9.76. The van der Waals surface area contributed by atoms with Crippen molar-refractivity contribution in [2.45, 2.75) is 82.8 Å². The zero-order valence-corrected chi connectivity index (χ0v) is 17.8. The van der Waals surface area contributed by atoms with Gasteiger partial charge in [0, 0.05) is 50.7 Å². The van der Waals surface area contributed by atoms with Crippen LogP contribution in [0.2, 0.25) is 0 Å². The van der Waals surface area contributed by atoms with Gasteiger partial charge < -0.3 is 15.0 Å². The molecule has 0 bridgehead atoms. The number of rotatable bonds is 5. The minimum atomic E-state index is -0.260. The highest BCUT2D eigenvalue weighted by Crippen LogP contribution is 2.46. The van der Waals surface area contributed by atoms with Crippen molar-refractivity contribution < 1.29 is 14.3 Å². The Kier molecular flexibility index (Phi) is 5.84. The number of nitrogens with zero attached hydrogens (tertiary/aromatic N) is 1. The Bertz CT molecular complexity index is 748. The topological polar surface area (TPSA) is 58.6 Å². The quantitative estimate of drug-likeness (QED) is 0.815. The molecular weight excluding hydrogens is 364 g/mol. The molecule has 158 valence electrons. The lowest BCUT2D eigenvalue weighted by molar-refractivity contribution is -0.136. The van der Waals surface area contributed by atoms with Gasteiger partial charge in [-0.3, -0.25) is 9.59 Å². The van der Waals surface area contributed by atoms with Gasteiger partial charge in [-0.2, -0.15) is 0 Å². The molecule has 29 heavy (non-hydrogen) atoms. The summed E-state index contributed by atoms with van der Waals surface area (Å²) >= 11 is 0. The normalized spacial score (nSPS) is 23.3. The number of carbonyl (C=O) groups is 2. The summed E-state index contributed by atoms with van der Waals surface area (Å²) < 4.78 is 6.53. The van der Waals surface area contributed by atoms with Gasteiger partial charge in [0.25, 0.3) is 0 Å². The van der Waals surface area contributed by atoms with Crippen molar-refractivity contribution in [2.75, 3.05) is 13.1 Å². The summed E-state index contributed by atoms with van der Waals surface area (Å²) in [7, 11) is 0. The summed E-state index contributed by atoms with van der Waals surface area (Å²) in [6, 6.07) is 8.55. The minimum Gasteiger partial charge on any atom is -0.487 e. The van der Waals surface area contributed by atoms with Crippen molar-refractivity contribution in [3.05, 3.63) is 29.8 Å². The molecule has 0 aromatic heterocycles. The molecule has 1 aromatic rings. The zero-order chi connectivity index (χ0) is 20.4.